The van der Waals surface area contributed by atoms with Crippen LogP contribution in [0.5, 0.6) is 0 Å². The van der Waals surface area contributed by atoms with Gasteiger partial charge in [-0.2, -0.15) is 13.2 Å². The van der Waals surface area contributed by atoms with Gasteiger partial charge in [0.25, 0.3) is 0 Å². The smallest absolute Gasteiger partial charge is 0.393 e. The van der Waals surface area contributed by atoms with Gasteiger partial charge in [0.05, 0.1) is 11.7 Å². The number of hydrogen-bond acceptors (Lipinski definition) is 1. The Hall–Kier alpha value is -1.03. The van der Waals surface area contributed by atoms with Crippen LogP contribution in [-0.2, 0) is 12.6 Å². The van der Waals surface area contributed by atoms with Gasteiger partial charge in [0.2, 0.25) is 0 Å². The maximum Gasteiger partial charge on any atom is 0.416 e. The van der Waals surface area contributed by atoms with Crippen LogP contribution in [-0.4, -0.2) is 11.2 Å². The highest BCUT2D eigenvalue weighted by atomic mass is 19.4. The third-order valence-corrected chi connectivity index (χ3v) is 3.18. The standard InChI is InChI=1S/C15H21F3O/c1-3-5-11(2)8-14(19)10-12-6-4-7-13(9-12)15(16,17)18/h4,6-7,9,11,14,19H,3,5,8,10H2,1-2H3. The topological polar surface area (TPSA) is 20.2 Å². The second-order valence-electron chi connectivity index (χ2n) is 5.19. The first-order valence-electron chi connectivity index (χ1n) is 6.67. The van der Waals surface area contributed by atoms with Crippen LogP contribution < -0.4 is 0 Å². The number of hydrogen-bond donors (Lipinski definition) is 1. The molecule has 1 aromatic rings. The summed E-state index contributed by atoms with van der Waals surface area (Å²) in [5, 5.41) is 9.91. The van der Waals surface area contributed by atoms with Crippen LogP contribution in [0.2, 0.25) is 0 Å². The number of halogens is 3. The van der Waals surface area contributed by atoms with E-state index in [0.29, 0.717) is 17.9 Å². The van der Waals surface area contributed by atoms with Crippen molar-refractivity contribution in [1.82, 2.24) is 0 Å². The molecule has 1 nitrogen and oxygen atoms in total. The van der Waals surface area contributed by atoms with Crippen molar-refractivity contribution >= 4 is 0 Å². The summed E-state index contributed by atoms with van der Waals surface area (Å²) >= 11 is 0. The molecule has 1 aromatic carbocycles. The highest BCUT2D eigenvalue weighted by molar-refractivity contribution is 5.26. The zero-order chi connectivity index (χ0) is 14.5. The van der Waals surface area contributed by atoms with Crippen LogP contribution in [0.25, 0.3) is 0 Å². The minimum atomic E-state index is -4.32. The highest BCUT2D eigenvalue weighted by Crippen LogP contribution is 2.30. The Morgan fingerprint density at radius 2 is 1.95 bits per heavy atom. The summed E-state index contributed by atoms with van der Waals surface area (Å²) in [5.41, 5.74) is -0.121. The van der Waals surface area contributed by atoms with Gasteiger partial charge in [0.15, 0.2) is 0 Å². The first-order valence-corrected chi connectivity index (χ1v) is 6.67. The molecule has 4 heteroatoms. The molecule has 2 unspecified atom stereocenters. The van der Waals surface area contributed by atoms with E-state index in [1.165, 1.54) is 6.07 Å². The Balaban J connectivity index is 2.62. The van der Waals surface area contributed by atoms with Crippen LogP contribution in [0.3, 0.4) is 0 Å². The fraction of sp³-hybridized carbons (Fsp3) is 0.600. The Morgan fingerprint density at radius 1 is 1.26 bits per heavy atom. The summed E-state index contributed by atoms with van der Waals surface area (Å²) in [5.74, 6) is 0.394. The second-order valence-corrected chi connectivity index (χ2v) is 5.19. The quantitative estimate of drug-likeness (QED) is 0.813. The summed E-state index contributed by atoms with van der Waals surface area (Å²) in [6.07, 6.45) is -1.92. The third-order valence-electron chi connectivity index (χ3n) is 3.18. The van der Waals surface area contributed by atoms with Crippen molar-refractivity contribution < 1.29 is 18.3 Å². The lowest BCUT2D eigenvalue weighted by Gasteiger charge is -2.16. The van der Waals surface area contributed by atoms with Crippen molar-refractivity contribution in [2.24, 2.45) is 5.92 Å². The molecule has 1 rings (SSSR count). The molecule has 0 amide bonds. The number of benzene rings is 1. The second kappa shape index (κ2) is 6.94. The Morgan fingerprint density at radius 3 is 2.53 bits per heavy atom. The monoisotopic (exact) mass is 274 g/mol. The van der Waals surface area contributed by atoms with Gasteiger partial charge in [-0.05, 0) is 30.4 Å². The van der Waals surface area contributed by atoms with Crippen LogP contribution >= 0.6 is 0 Å². The maximum absolute atomic E-state index is 12.6. The third kappa shape index (κ3) is 5.64. The molecule has 2 atom stereocenters. The SMILES string of the molecule is CCCC(C)CC(O)Cc1cccc(C(F)(F)F)c1. The van der Waals surface area contributed by atoms with Gasteiger partial charge >= 0.3 is 6.18 Å². The molecule has 0 spiro atoms. The molecule has 1 N–H and O–H groups in total. The van der Waals surface area contributed by atoms with E-state index in [-0.39, 0.29) is 6.42 Å². The van der Waals surface area contributed by atoms with Crippen LogP contribution in [0.15, 0.2) is 24.3 Å². The zero-order valence-corrected chi connectivity index (χ0v) is 11.4. The van der Waals surface area contributed by atoms with Gasteiger partial charge in [-0.25, -0.2) is 0 Å². The summed E-state index contributed by atoms with van der Waals surface area (Å²) in [7, 11) is 0. The molecule has 0 saturated heterocycles. The van der Waals surface area contributed by atoms with Gasteiger partial charge in [0.1, 0.15) is 0 Å². The molecule has 19 heavy (non-hydrogen) atoms. The van der Waals surface area contributed by atoms with Crippen molar-refractivity contribution in [3.63, 3.8) is 0 Å². The average Bonchev–Trinajstić information content (AvgIpc) is 2.28. The lowest BCUT2D eigenvalue weighted by atomic mass is 9.95. The molecule has 0 aliphatic carbocycles. The maximum atomic E-state index is 12.6. The minimum absolute atomic E-state index is 0.276. The molecule has 0 saturated carbocycles. The van der Waals surface area contributed by atoms with Crippen molar-refractivity contribution in [3.8, 4) is 0 Å². The summed E-state index contributed by atoms with van der Waals surface area (Å²) in [6, 6.07) is 5.19. The lowest BCUT2D eigenvalue weighted by Crippen LogP contribution is -2.15. The lowest BCUT2D eigenvalue weighted by molar-refractivity contribution is -0.137. The van der Waals surface area contributed by atoms with Crippen molar-refractivity contribution in [3.05, 3.63) is 35.4 Å². The molecular weight excluding hydrogens is 253 g/mol. The van der Waals surface area contributed by atoms with Gasteiger partial charge in [0, 0.05) is 0 Å². The van der Waals surface area contributed by atoms with E-state index in [1.54, 1.807) is 6.07 Å². The van der Waals surface area contributed by atoms with E-state index in [1.807, 2.05) is 0 Å². The van der Waals surface area contributed by atoms with E-state index in [9.17, 15) is 18.3 Å². The fourth-order valence-electron chi connectivity index (χ4n) is 2.31. The summed E-state index contributed by atoms with van der Waals surface area (Å²) in [4.78, 5) is 0. The molecule has 108 valence electrons. The van der Waals surface area contributed by atoms with Crippen molar-refractivity contribution in [2.45, 2.75) is 51.8 Å². The predicted molar refractivity (Wildman–Crippen MR) is 69.8 cm³/mol. The van der Waals surface area contributed by atoms with E-state index in [4.69, 9.17) is 0 Å². The molecule has 0 aliphatic heterocycles. The zero-order valence-electron chi connectivity index (χ0n) is 11.4. The largest absolute Gasteiger partial charge is 0.416 e. The van der Waals surface area contributed by atoms with E-state index >= 15 is 0 Å². The molecule has 0 aliphatic rings. The first-order chi connectivity index (χ1) is 8.82. The number of rotatable bonds is 6. The van der Waals surface area contributed by atoms with Gasteiger partial charge < -0.3 is 5.11 Å². The number of aliphatic hydroxyl groups excluding tert-OH is 1. The average molecular weight is 274 g/mol. The normalized spacial score (nSPS) is 15.3. The molecule has 0 bridgehead atoms. The van der Waals surface area contributed by atoms with E-state index < -0.39 is 17.8 Å². The fourth-order valence-corrected chi connectivity index (χ4v) is 2.31. The van der Waals surface area contributed by atoms with Crippen molar-refractivity contribution in [1.29, 1.82) is 0 Å². The van der Waals surface area contributed by atoms with Gasteiger partial charge in [-0.3, -0.25) is 0 Å². The molecule has 0 fully saturated rings. The van der Waals surface area contributed by atoms with Gasteiger partial charge in [-0.1, -0.05) is 44.9 Å². The van der Waals surface area contributed by atoms with Crippen LogP contribution in [0.4, 0.5) is 13.2 Å². The first kappa shape index (κ1) is 16.0. The number of aliphatic hydroxyl groups is 1. The highest BCUT2D eigenvalue weighted by Gasteiger charge is 2.30. The molecular formula is C15H21F3O. The Kier molecular flexibility index (Phi) is 5.85. The van der Waals surface area contributed by atoms with Crippen molar-refractivity contribution in [2.75, 3.05) is 0 Å². The Bertz CT molecular complexity index is 387. The predicted octanol–water partition coefficient (Wildman–Crippen LogP) is 4.44. The molecule has 0 radical (unpaired) electrons. The van der Waals surface area contributed by atoms with E-state index in [0.717, 1.165) is 25.0 Å². The number of alkyl halides is 3. The molecule has 0 heterocycles. The van der Waals surface area contributed by atoms with E-state index in [2.05, 4.69) is 13.8 Å². The molecule has 0 aromatic heterocycles. The summed E-state index contributed by atoms with van der Waals surface area (Å²) < 4.78 is 37.7. The van der Waals surface area contributed by atoms with Crippen LogP contribution in [0.1, 0.15) is 44.2 Å². The minimum Gasteiger partial charge on any atom is -0.393 e. The summed E-state index contributed by atoms with van der Waals surface area (Å²) in [6.45, 7) is 4.13. The van der Waals surface area contributed by atoms with Crippen LogP contribution in [0, 0.1) is 5.92 Å². The van der Waals surface area contributed by atoms with Gasteiger partial charge in [-0.15, -0.1) is 0 Å². The Labute approximate surface area is 112 Å².